The molecule has 0 spiro atoms. The van der Waals surface area contributed by atoms with Gasteiger partial charge in [0.15, 0.2) is 0 Å². The standard InChI is InChI=1S/C22H19ClN2OS/c23-21-8-4-7-19(13-21)14-24-25-22(26)20-11-9-18(10-12-20)16-27-15-17-5-2-1-3-6-17/h1-14H,15-16H2,(H,25,26)/b24-14-. The zero-order chi connectivity index (χ0) is 18.9. The zero-order valence-corrected chi connectivity index (χ0v) is 16.2. The second-order valence-electron chi connectivity index (χ2n) is 5.93. The molecule has 1 N–H and O–H groups in total. The molecule has 3 aromatic carbocycles. The number of carbonyl (C=O) groups is 1. The second-order valence-corrected chi connectivity index (χ2v) is 7.35. The van der Waals surface area contributed by atoms with E-state index in [2.05, 4.69) is 34.8 Å². The third kappa shape index (κ3) is 6.27. The quantitative estimate of drug-likeness (QED) is 0.422. The summed E-state index contributed by atoms with van der Waals surface area (Å²) in [4.78, 5) is 12.2. The predicted octanol–water partition coefficient (Wildman–Crippen LogP) is 5.54. The van der Waals surface area contributed by atoms with E-state index in [-0.39, 0.29) is 5.91 Å². The molecule has 0 aliphatic rings. The minimum atomic E-state index is -0.239. The van der Waals surface area contributed by atoms with Gasteiger partial charge < -0.3 is 0 Å². The van der Waals surface area contributed by atoms with Gasteiger partial charge in [-0.2, -0.15) is 16.9 Å². The minimum absolute atomic E-state index is 0.239. The van der Waals surface area contributed by atoms with E-state index in [1.165, 1.54) is 11.1 Å². The molecule has 5 heteroatoms. The van der Waals surface area contributed by atoms with Gasteiger partial charge in [0.2, 0.25) is 0 Å². The molecule has 3 rings (SSSR count). The number of halogens is 1. The molecule has 0 aliphatic carbocycles. The van der Waals surface area contributed by atoms with E-state index in [4.69, 9.17) is 11.6 Å². The number of carbonyl (C=O) groups excluding carboxylic acids is 1. The molecule has 3 aromatic rings. The van der Waals surface area contributed by atoms with Crippen LogP contribution in [0.4, 0.5) is 0 Å². The van der Waals surface area contributed by atoms with Crippen molar-refractivity contribution >= 4 is 35.5 Å². The fourth-order valence-electron chi connectivity index (χ4n) is 2.43. The van der Waals surface area contributed by atoms with Crippen LogP contribution in [-0.2, 0) is 11.5 Å². The Bertz CT molecular complexity index is 911. The number of hydrazone groups is 1. The molecular formula is C22H19ClN2OS. The SMILES string of the molecule is O=C(N/N=C\c1cccc(Cl)c1)c1ccc(CSCc2ccccc2)cc1. The van der Waals surface area contributed by atoms with Crippen molar-refractivity contribution in [2.24, 2.45) is 5.10 Å². The van der Waals surface area contributed by atoms with Crippen LogP contribution in [0.25, 0.3) is 0 Å². The summed E-state index contributed by atoms with van der Waals surface area (Å²) in [5.74, 6) is 1.64. The number of nitrogens with zero attached hydrogens (tertiary/aromatic N) is 1. The molecule has 0 saturated heterocycles. The lowest BCUT2D eigenvalue weighted by molar-refractivity contribution is 0.0955. The largest absolute Gasteiger partial charge is 0.271 e. The van der Waals surface area contributed by atoms with Crippen LogP contribution in [0.1, 0.15) is 27.0 Å². The highest BCUT2D eigenvalue weighted by atomic mass is 35.5. The third-order valence-electron chi connectivity index (χ3n) is 3.82. The van der Waals surface area contributed by atoms with Crippen LogP contribution < -0.4 is 5.43 Å². The fourth-order valence-corrected chi connectivity index (χ4v) is 3.59. The molecule has 27 heavy (non-hydrogen) atoms. The molecule has 0 atom stereocenters. The van der Waals surface area contributed by atoms with Gasteiger partial charge in [-0.05, 0) is 41.0 Å². The Morgan fingerprint density at radius 2 is 1.63 bits per heavy atom. The molecule has 0 bridgehead atoms. The van der Waals surface area contributed by atoms with E-state index in [0.717, 1.165) is 17.1 Å². The number of amides is 1. The average molecular weight is 395 g/mol. The summed E-state index contributed by atoms with van der Waals surface area (Å²) in [6, 6.07) is 25.3. The van der Waals surface area contributed by atoms with Gasteiger partial charge in [-0.25, -0.2) is 5.43 Å². The van der Waals surface area contributed by atoms with Crippen molar-refractivity contribution in [1.29, 1.82) is 0 Å². The number of hydrogen-bond donors (Lipinski definition) is 1. The number of thioether (sulfide) groups is 1. The highest BCUT2D eigenvalue weighted by Gasteiger charge is 2.04. The third-order valence-corrected chi connectivity index (χ3v) is 5.13. The molecule has 0 aliphatic heterocycles. The van der Waals surface area contributed by atoms with E-state index in [1.807, 2.05) is 54.2 Å². The number of rotatable bonds is 7. The topological polar surface area (TPSA) is 41.5 Å². The lowest BCUT2D eigenvalue weighted by Crippen LogP contribution is -2.17. The van der Waals surface area contributed by atoms with Gasteiger partial charge in [-0.3, -0.25) is 4.79 Å². The van der Waals surface area contributed by atoms with Crippen molar-refractivity contribution in [3.05, 3.63) is 106 Å². The first-order chi connectivity index (χ1) is 13.2. The maximum atomic E-state index is 12.2. The van der Waals surface area contributed by atoms with Crippen LogP contribution in [0.2, 0.25) is 5.02 Å². The van der Waals surface area contributed by atoms with Crippen LogP contribution in [0.15, 0.2) is 84.0 Å². The fraction of sp³-hybridized carbons (Fsp3) is 0.0909. The van der Waals surface area contributed by atoms with Crippen molar-refractivity contribution in [3.63, 3.8) is 0 Å². The van der Waals surface area contributed by atoms with Crippen molar-refractivity contribution in [3.8, 4) is 0 Å². The van der Waals surface area contributed by atoms with Gasteiger partial charge in [-0.1, -0.05) is 66.2 Å². The van der Waals surface area contributed by atoms with Crippen molar-refractivity contribution in [1.82, 2.24) is 5.43 Å². The van der Waals surface area contributed by atoms with Gasteiger partial charge in [0, 0.05) is 22.1 Å². The Labute approximate surface area is 168 Å². The summed E-state index contributed by atoms with van der Waals surface area (Å²) < 4.78 is 0. The van der Waals surface area contributed by atoms with E-state index < -0.39 is 0 Å². The number of hydrogen-bond acceptors (Lipinski definition) is 3. The van der Waals surface area contributed by atoms with Crippen molar-refractivity contribution in [2.45, 2.75) is 11.5 Å². The minimum Gasteiger partial charge on any atom is -0.267 e. The Morgan fingerprint density at radius 1 is 0.926 bits per heavy atom. The molecule has 136 valence electrons. The molecule has 0 saturated carbocycles. The summed E-state index contributed by atoms with van der Waals surface area (Å²) in [7, 11) is 0. The first-order valence-electron chi connectivity index (χ1n) is 8.50. The number of nitrogens with one attached hydrogen (secondary N) is 1. The Hall–Kier alpha value is -2.56. The van der Waals surface area contributed by atoms with Crippen LogP contribution in [0.3, 0.4) is 0 Å². The molecule has 0 heterocycles. The van der Waals surface area contributed by atoms with E-state index in [0.29, 0.717) is 10.6 Å². The van der Waals surface area contributed by atoms with Crippen molar-refractivity contribution in [2.75, 3.05) is 0 Å². The smallest absolute Gasteiger partial charge is 0.267 e. The van der Waals surface area contributed by atoms with E-state index >= 15 is 0 Å². The molecule has 0 aromatic heterocycles. The van der Waals surface area contributed by atoms with Gasteiger partial charge in [0.05, 0.1) is 6.21 Å². The van der Waals surface area contributed by atoms with E-state index in [1.54, 1.807) is 18.3 Å². The van der Waals surface area contributed by atoms with Crippen LogP contribution in [0, 0.1) is 0 Å². The molecule has 3 nitrogen and oxygen atoms in total. The van der Waals surface area contributed by atoms with Crippen molar-refractivity contribution < 1.29 is 4.79 Å². The van der Waals surface area contributed by atoms with Crippen LogP contribution >= 0.6 is 23.4 Å². The molecule has 1 amide bonds. The summed E-state index contributed by atoms with van der Waals surface area (Å²) in [5.41, 5.74) is 6.44. The normalized spacial score (nSPS) is 10.9. The Kier molecular flexibility index (Phi) is 7.08. The summed E-state index contributed by atoms with van der Waals surface area (Å²) in [6.07, 6.45) is 1.57. The van der Waals surface area contributed by atoms with Gasteiger partial charge >= 0.3 is 0 Å². The summed E-state index contributed by atoms with van der Waals surface area (Å²) in [6.45, 7) is 0. The first kappa shape index (κ1) is 19.2. The van der Waals surface area contributed by atoms with Crippen LogP contribution in [0.5, 0.6) is 0 Å². The average Bonchev–Trinajstić information content (AvgIpc) is 2.69. The predicted molar refractivity (Wildman–Crippen MR) is 114 cm³/mol. The highest BCUT2D eigenvalue weighted by molar-refractivity contribution is 7.97. The number of benzene rings is 3. The maximum Gasteiger partial charge on any atom is 0.271 e. The molecular weight excluding hydrogens is 376 g/mol. The van der Waals surface area contributed by atoms with E-state index in [9.17, 15) is 4.79 Å². The molecule has 0 radical (unpaired) electrons. The lowest BCUT2D eigenvalue weighted by atomic mass is 10.1. The summed E-state index contributed by atoms with van der Waals surface area (Å²) in [5, 5.41) is 4.61. The zero-order valence-electron chi connectivity index (χ0n) is 14.6. The highest BCUT2D eigenvalue weighted by Crippen LogP contribution is 2.18. The lowest BCUT2D eigenvalue weighted by Gasteiger charge is -2.04. The Balaban J connectivity index is 1.48. The molecule has 0 fully saturated rings. The van der Waals surface area contributed by atoms with Crippen LogP contribution in [-0.4, -0.2) is 12.1 Å². The first-order valence-corrected chi connectivity index (χ1v) is 10.0. The van der Waals surface area contributed by atoms with Gasteiger partial charge in [-0.15, -0.1) is 0 Å². The second kappa shape index (κ2) is 9.95. The maximum absolute atomic E-state index is 12.2. The summed E-state index contributed by atoms with van der Waals surface area (Å²) >= 11 is 7.77. The van der Waals surface area contributed by atoms with Gasteiger partial charge in [0.25, 0.3) is 5.91 Å². The van der Waals surface area contributed by atoms with Gasteiger partial charge in [0.1, 0.15) is 0 Å². The Morgan fingerprint density at radius 3 is 2.33 bits per heavy atom. The monoisotopic (exact) mass is 394 g/mol. The molecule has 0 unspecified atom stereocenters.